The molecule has 0 radical (unpaired) electrons. The molecule has 1 aromatic carbocycles. The molecule has 5 heteroatoms. The first kappa shape index (κ1) is 15.8. The summed E-state index contributed by atoms with van der Waals surface area (Å²) in [6, 6.07) is 4.02. The van der Waals surface area contributed by atoms with Crippen molar-refractivity contribution in [2.24, 2.45) is 0 Å². The van der Waals surface area contributed by atoms with Gasteiger partial charge in [0.05, 0.1) is 5.02 Å². The molecular weight excluding hydrogens is 293 g/mol. The fraction of sp³-hybridized carbons (Fsp3) is 0.438. The Morgan fingerprint density at radius 3 is 2.95 bits per heavy atom. The molecule has 0 unspecified atom stereocenters. The summed E-state index contributed by atoms with van der Waals surface area (Å²) in [6.07, 6.45) is 7.97. The van der Waals surface area contributed by atoms with Crippen LogP contribution in [-0.4, -0.2) is 19.1 Å². The smallest absolute Gasteiger partial charge is 0.257 e. The zero-order chi connectivity index (χ0) is 15.1. The number of hydrogen-bond donors (Lipinski definition) is 1. The van der Waals surface area contributed by atoms with Gasteiger partial charge in [-0.25, -0.2) is 4.39 Å². The second-order valence-electron chi connectivity index (χ2n) is 5.07. The molecule has 0 spiro atoms. The van der Waals surface area contributed by atoms with E-state index in [0.717, 1.165) is 19.3 Å². The molecule has 0 aliphatic heterocycles. The number of hydrogen-bond acceptors (Lipinski definition) is 2. The first-order valence-corrected chi connectivity index (χ1v) is 7.55. The number of amides is 1. The summed E-state index contributed by atoms with van der Waals surface area (Å²) in [7, 11) is 0. The predicted octanol–water partition coefficient (Wildman–Crippen LogP) is 3.86. The normalized spacial score (nSPS) is 14.5. The van der Waals surface area contributed by atoms with E-state index in [-0.39, 0.29) is 17.5 Å². The number of allylic oxidation sites excluding steroid dienone is 1. The van der Waals surface area contributed by atoms with Crippen LogP contribution in [0.15, 0.2) is 29.8 Å². The van der Waals surface area contributed by atoms with Crippen LogP contribution in [0.25, 0.3) is 0 Å². The average molecular weight is 312 g/mol. The lowest BCUT2D eigenvalue weighted by molar-refractivity contribution is -0.123. The molecule has 114 valence electrons. The van der Waals surface area contributed by atoms with Crippen molar-refractivity contribution in [3.63, 3.8) is 0 Å². The highest BCUT2D eigenvalue weighted by molar-refractivity contribution is 6.30. The predicted molar refractivity (Wildman–Crippen MR) is 81.1 cm³/mol. The van der Waals surface area contributed by atoms with Crippen molar-refractivity contribution >= 4 is 17.5 Å². The van der Waals surface area contributed by atoms with Crippen LogP contribution in [0.2, 0.25) is 5.02 Å². The molecule has 0 saturated carbocycles. The Kier molecular flexibility index (Phi) is 6.05. The van der Waals surface area contributed by atoms with E-state index in [4.69, 9.17) is 16.3 Å². The fourth-order valence-electron chi connectivity index (χ4n) is 2.26. The van der Waals surface area contributed by atoms with Gasteiger partial charge in [0.2, 0.25) is 0 Å². The molecule has 0 heterocycles. The lowest BCUT2D eigenvalue weighted by Gasteiger charge is -2.13. The van der Waals surface area contributed by atoms with Crippen LogP contribution in [0.5, 0.6) is 5.75 Å². The van der Waals surface area contributed by atoms with Crippen LogP contribution < -0.4 is 10.1 Å². The van der Waals surface area contributed by atoms with Gasteiger partial charge >= 0.3 is 0 Å². The van der Waals surface area contributed by atoms with Gasteiger partial charge in [-0.05, 0) is 44.2 Å². The molecule has 2 rings (SSSR count). The van der Waals surface area contributed by atoms with E-state index in [2.05, 4.69) is 11.4 Å². The minimum atomic E-state index is -0.505. The zero-order valence-electron chi connectivity index (χ0n) is 11.8. The Balaban J connectivity index is 1.67. The highest BCUT2D eigenvalue weighted by Crippen LogP contribution is 2.21. The molecule has 1 aliphatic rings. The summed E-state index contributed by atoms with van der Waals surface area (Å²) in [5.41, 5.74) is 1.42. The van der Waals surface area contributed by atoms with Crippen molar-refractivity contribution in [3.8, 4) is 5.75 Å². The molecule has 0 atom stereocenters. The summed E-state index contributed by atoms with van der Waals surface area (Å²) in [5, 5.41) is 2.80. The third-order valence-electron chi connectivity index (χ3n) is 3.41. The van der Waals surface area contributed by atoms with Crippen LogP contribution in [0, 0.1) is 5.82 Å². The largest absolute Gasteiger partial charge is 0.484 e. The summed E-state index contributed by atoms with van der Waals surface area (Å²) in [6.45, 7) is 0.527. The monoisotopic (exact) mass is 311 g/mol. The van der Waals surface area contributed by atoms with Gasteiger partial charge in [-0.15, -0.1) is 0 Å². The molecule has 1 amide bonds. The van der Waals surface area contributed by atoms with E-state index in [9.17, 15) is 9.18 Å². The molecule has 1 aromatic rings. The second kappa shape index (κ2) is 8.03. The molecule has 0 fully saturated rings. The van der Waals surface area contributed by atoms with Crippen LogP contribution >= 0.6 is 11.6 Å². The van der Waals surface area contributed by atoms with Gasteiger partial charge in [0.25, 0.3) is 5.91 Å². The Labute approximate surface area is 129 Å². The molecule has 3 nitrogen and oxygen atoms in total. The number of ether oxygens (including phenoxy) is 1. The van der Waals surface area contributed by atoms with E-state index in [1.165, 1.54) is 36.6 Å². The van der Waals surface area contributed by atoms with Crippen molar-refractivity contribution in [1.82, 2.24) is 5.32 Å². The van der Waals surface area contributed by atoms with Crippen LogP contribution in [-0.2, 0) is 4.79 Å². The Morgan fingerprint density at radius 1 is 1.38 bits per heavy atom. The lowest BCUT2D eigenvalue weighted by atomic mass is 9.97. The standard InChI is InChI=1S/C16H19ClFNO2/c17-14-10-13(6-7-15(14)18)21-11-16(20)19-9-8-12-4-2-1-3-5-12/h4,6-7,10H,1-3,5,8-9,11H2,(H,19,20). The van der Waals surface area contributed by atoms with E-state index in [0.29, 0.717) is 12.3 Å². The Bertz CT molecular complexity index is 531. The SMILES string of the molecule is O=C(COc1ccc(F)c(Cl)c1)NCCC1=CCCCC1. The van der Waals surface area contributed by atoms with E-state index < -0.39 is 5.82 Å². The van der Waals surface area contributed by atoms with Crippen molar-refractivity contribution in [3.05, 3.63) is 40.7 Å². The van der Waals surface area contributed by atoms with Crippen molar-refractivity contribution in [1.29, 1.82) is 0 Å². The van der Waals surface area contributed by atoms with Gasteiger partial charge < -0.3 is 10.1 Å². The van der Waals surface area contributed by atoms with Crippen molar-refractivity contribution < 1.29 is 13.9 Å². The zero-order valence-corrected chi connectivity index (χ0v) is 12.6. The van der Waals surface area contributed by atoms with Crippen molar-refractivity contribution in [2.45, 2.75) is 32.1 Å². The number of carbonyl (C=O) groups is 1. The van der Waals surface area contributed by atoms with E-state index in [1.807, 2.05) is 0 Å². The van der Waals surface area contributed by atoms with Gasteiger partial charge in [-0.3, -0.25) is 4.79 Å². The van der Waals surface area contributed by atoms with Gasteiger partial charge in [-0.1, -0.05) is 23.3 Å². The van der Waals surface area contributed by atoms with Crippen LogP contribution in [0.3, 0.4) is 0 Å². The molecule has 21 heavy (non-hydrogen) atoms. The fourth-order valence-corrected chi connectivity index (χ4v) is 2.43. The number of halogens is 2. The molecular formula is C16H19ClFNO2. The highest BCUT2D eigenvalue weighted by Gasteiger charge is 2.07. The number of benzene rings is 1. The maximum absolute atomic E-state index is 13.0. The second-order valence-corrected chi connectivity index (χ2v) is 5.48. The number of nitrogens with one attached hydrogen (secondary N) is 1. The number of rotatable bonds is 6. The molecule has 1 N–H and O–H groups in total. The third-order valence-corrected chi connectivity index (χ3v) is 3.70. The molecule has 1 aliphatic carbocycles. The van der Waals surface area contributed by atoms with Crippen LogP contribution in [0.1, 0.15) is 32.1 Å². The van der Waals surface area contributed by atoms with E-state index >= 15 is 0 Å². The van der Waals surface area contributed by atoms with Gasteiger partial charge in [0.1, 0.15) is 11.6 Å². The molecule has 0 bridgehead atoms. The third kappa shape index (κ3) is 5.38. The van der Waals surface area contributed by atoms with Crippen LogP contribution in [0.4, 0.5) is 4.39 Å². The summed E-state index contributed by atoms with van der Waals surface area (Å²) in [4.78, 5) is 11.6. The maximum Gasteiger partial charge on any atom is 0.257 e. The minimum Gasteiger partial charge on any atom is -0.484 e. The number of carbonyl (C=O) groups excluding carboxylic acids is 1. The lowest BCUT2D eigenvalue weighted by Crippen LogP contribution is -2.30. The molecule has 0 saturated heterocycles. The topological polar surface area (TPSA) is 38.3 Å². The van der Waals surface area contributed by atoms with Gasteiger partial charge in [0, 0.05) is 12.6 Å². The van der Waals surface area contributed by atoms with E-state index in [1.54, 1.807) is 0 Å². The molecule has 0 aromatic heterocycles. The summed E-state index contributed by atoms with van der Waals surface area (Å²) in [5.74, 6) is -0.312. The Hall–Kier alpha value is -1.55. The van der Waals surface area contributed by atoms with Gasteiger partial charge in [0.15, 0.2) is 6.61 Å². The highest BCUT2D eigenvalue weighted by atomic mass is 35.5. The quantitative estimate of drug-likeness (QED) is 0.810. The first-order chi connectivity index (χ1) is 10.1. The summed E-state index contributed by atoms with van der Waals surface area (Å²) >= 11 is 5.64. The van der Waals surface area contributed by atoms with Gasteiger partial charge in [-0.2, -0.15) is 0 Å². The first-order valence-electron chi connectivity index (χ1n) is 7.17. The maximum atomic E-state index is 13.0. The Morgan fingerprint density at radius 2 is 2.24 bits per heavy atom. The van der Waals surface area contributed by atoms with Crippen molar-refractivity contribution in [2.75, 3.05) is 13.2 Å². The summed E-state index contributed by atoms with van der Waals surface area (Å²) < 4.78 is 18.2. The average Bonchev–Trinajstić information content (AvgIpc) is 2.49. The minimum absolute atomic E-state index is 0.0165.